The van der Waals surface area contributed by atoms with Crippen LogP contribution in [-0.4, -0.2) is 86.2 Å². The molecule has 5 atom stereocenters. The summed E-state index contributed by atoms with van der Waals surface area (Å²) in [5, 5.41) is 44.9. The lowest BCUT2D eigenvalue weighted by atomic mass is 10.0. The van der Waals surface area contributed by atoms with Crippen LogP contribution in [0.15, 0.2) is 0 Å². The zero-order chi connectivity index (χ0) is 33.6. The summed E-state index contributed by atoms with van der Waals surface area (Å²) in [6, 6.07) is -3.09. The fourth-order valence-electron chi connectivity index (χ4n) is 3.73. The predicted molar refractivity (Wildman–Crippen MR) is 167 cm³/mol. The maximum Gasteiger partial charge on any atom is 0.326 e. The SMILES string of the molecule is CCCCCCCCCCCCCCCC(=O)N[C@@H](CCCCN)C(=O)O.C[C@@H](O)[C@H](N)C(=O)O.C[C@@H](O)[C@H](N)C(=O)O. The Hall–Kier alpha value is -2.32. The quantitative estimate of drug-likeness (QED) is 0.0704. The van der Waals surface area contributed by atoms with E-state index in [1.54, 1.807) is 0 Å². The van der Waals surface area contributed by atoms with Crippen molar-refractivity contribution in [2.45, 2.75) is 160 Å². The van der Waals surface area contributed by atoms with Crippen molar-refractivity contribution in [1.29, 1.82) is 0 Å². The smallest absolute Gasteiger partial charge is 0.326 e. The Bertz CT molecular complexity index is 685. The molecule has 0 aromatic carbocycles. The molecule has 0 fully saturated rings. The first-order valence-corrected chi connectivity index (χ1v) is 15.8. The van der Waals surface area contributed by atoms with Gasteiger partial charge in [0, 0.05) is 6.42 Å². The second-order valence-electron chi connectivity index (χ2n) is 10.9. The molecule has 0 spiro atoms. The van der Waals surface area contributed by atoms with Crippen LogP contribution in [-0.2, 0) is 19.2 Å². The van der Waals surface area contributed by atoms with Gasteiger partial charge in [0.05, 0.1) is 12.2 Å². The molecule has 0 bridgehead atoms. The minimum Gasteiger partial charge on any atom is -0.480 e. The van der Waals surface area contributed by atoms with E-state index >= 15 is 0 Å². The van der Waals surface area contributed by atoms with Gasteiger partial charge in [-0.15, -0.1) is 0 Å². The fraction of sp³-hybridized carbons (Fsp3) is 0.867. The van der Waals surface area contributed by atoms with E-state index in [4.69, 9.17) is 42.7 Å². The lowest BCUT2D eigenvalue weighted by molar-refractivity contribution is -0.142. The average Bonchev–Trinajstić information content (AvgIpc) is 2.94. The second-order valence-corrected chi connectivity index (χ2v) is 10.9. The average molecular weight is 623 g/mol. The molecule has 0 rings (SSSR count). The summed E-state index contributed by atoms with van der Waals surface area (Å²) in [4.78, 5) is 42.8. The zero-order valence-corrected chi connectivity index (χ0v) is 26.7. The molecule has 12 N–H and O–H groups in total. The van der Waals surface area contributed by atoms with E-state index in [1.807, 2.05) is 0 Å². The lowest BCUT2D eigenvalue weighted by Gasteiger charge is -2.14. The Kier molecular flexibility index (Phi) is 32.6. The van der Waals surface area contributed by atoms with E-state index in [2.05, 4.69) is 12.2 Å². The van der Waals surface area contributed by atoms with Crippen LogP contribution >= 0.6 is 0 Å². The summed E-state index contributed by atoms with van der Waals surface area (Å²) in [5.74, 6) is -3.45. The topological polar surface area (TPSA) is 260 Å². The largest absolute Gasteiger partial charge is 0.480 e. The summed E-state index contributed by atoms with van der Waals surface area (Å²) < 4.78 is 0. The maximum absolute atomic E-state index is 11.9. The number of nitrogens with two attached hydrogens (primary N) is 3. The van der Waals surface area contributed by atoms with Crippen molar-refractivity contribution >= 4 is 23.8 Å². The molecule has 0 radical (unpaired) electrons. The Morgan fingerprint density at radius 1 is 0.605 bits per heavy atom. The van der Waals surface area contributed by atoms with Crippen LogP contribution in [0.25, 0.3) is 0 Å². The molecule has 0 aliphatic rings. The van der Waals surface area contributed by atoms with Gasteiger partial charge in [-0.25, -0.2) is 4.79 Å². The van der Waals surface area contributed by atoms with Crippen molar-refractivity contribution in [3.8, 4) is 0 Å². The van der Waals surface area contributed by atoms with Crippen molar-refractivity contribution < 1.29 is 44.7 Å². The number of carboxylic acids is 3. The van der Waals surface area contributed by atoms with Crippen LogP contribution in [0.2, 0.25) is 0 Å². The van der Waals surface area contributed by atoms with Crippen LogP contribution in [0, 0.1) is 0 Å². The third-order valence-electron chi connectivity index (χ3n) is 6.70. The Balaban J connectivity index is -0.000000810. The summed E-state index contributed by atoms with van der Waals surface area (Å²) in [7, 11) is 0. The molecular weight excluding hydrogens is 560 g/mol. The van der Waals surface area contributed by atoms with Gasteiger partial charge in [0.1, 0.15) is 18.1 Å². The lowest BCUT2D eigenvalue weighted by Crippen LogP contribution is -2.40. The molecule has 13 nitrogen and oxygen atoms in total. The number of nitrogens with one attached hydrogen (secondary N) is 1. The summed E-state index contributed by atoms with van der Waals surface area (Å²) >= 11 is 0. The number of hydrogen-bond acceptors (Lipinski definition) is 9. The van der Waals surface area contributed by atoms with Gasteiger partial charge in [-0.1, -0.05) is 84.0 Å². The van der Waals surface area contributed by atoms with Crippen molar-refractivity contribution in [1.82, 2.24) is 5.32 Å². The number of hydrogen-bond donors (Lipinski definition) is 9. The molecule has 0 saturated carbocycles. The molecule has 0 heterocycles. The first-order chi connectivity index (χ1) is 20.2. The van der Waals surface area contributed by atoms with Crippen molar-refractivity contribution in [3.05, 3.63) is 0 Å². The van der Waals surface area contributed by atoms with E-state index in [-0.39, 0.29) is 5.91 Å². The number of carbonyl (C=O) groups excluding carboxylic acids is 1. The highest BCUT2D eigenvalue weighted by Crippen LogP contribution is 2.13. The number of amides is 1. The molecule has 256 valence electrons. The van der Waals surface area contributed by atoms with Crippen molar-refractivity contribution in [2.75, 3.05) is 6.54 Å². The standard InChI is InChI=1S/C22H44N2O3.2C4H9NO3/c1-2-3-4-5-6-7-8-9-10-11-12-13-14-18-21(25)24-20(22(26)27)17-15-16-19-23;2*1-2(6)3(5)4(7)8/h20H,2-19,23H2,1H3,(H,24,25)(H,26,27);2*2-3,6H,5H2,1H3,(H,7,8)/t20-;2*2-,3+/m011/s1. The van der Waals surface area contributed by atoms with Gasteiger partial charge >= 0.3 is 17.9 Å². The van der Waals surface area contributed by atoms with Gasteiger partial charge in [-0.3, -0.25) is 14.4 Å². The molecular formula is C30H62N4O9. The fourth-order valence-corrected chi connectivity index (χ4v) is 3.73. The first kappa shape index (κ1) is 45.1. The molecule has 43 heavy (non-hydrogen) atoms. The van der Waals surface area contributed by atoms with Gasteiger partial charge in [-0.05, 0) is 46.1 Å². The van der Waals surface area contributed by atoms with Crippen molar-refractivity contribution in [3.63, 3.8) is 0 Å². The Labute approximate surface area is 258 Å². The summed E-state index contributed by atoms with van der Waals surface area (Å²) in [5.41, 5.74) is 15.2. The molecule has 1 amide bonds. The van der Waals surface area contributed by atoms with E-state index in [1.165, 1.54) is 84.5 Å². The molecule has 0 saturated heterocycles. The molecule has 0 aromatic heterocycles. The Morgan fingerprint density at radius 3 is 1.26 bits per heavy atom. The third-order valence-corrected chi connectivity index (χ3v) is 6.70. The van der Waals surface area contributed by atoms with E-state index < -0.39 is 48.2 Å². The number of aliphatic hydroxyl groups excluding tert-OH is 2. The predicted octanol–water partition coefficient (Wildman–Crippen LogP) is 2.72. The van der Waals surface area contributed by atoms with Crippen LogP contribution in [0.1, 0.15) is 130 Å². The molecule has 0 aromatic rings. The van der Waals surface area contributed by atoms with Gasteiger partial charge < -0.3 is 48.1 Å². The van der Waals surface area contributed by atoms with Crippen LogP contribution in [0.3, 0.4) is 0 Å². The number of aliphatic carboxylic acids is 3. The van der Waals surface area contributed by atoms with E-state index in [0.717, 1.165) is 25.7 Å². The minimum absolute atomic E-state index is 0.141. The molecule has 0 aliphatic carbocycles. The number of aliphatic hydroxyl groups is 2. The highest BCUT2D eigenvalue weighted by molar-refractivity contribution is 5.83. The maximum atomic E-state index is 11.9. The first-order valence-electron chi connectivity index (χ1n) is 15.8. The zero-order valence-electron chi connectivity index (χ0n) is 26.7. The highest BCUT2D eigenvalue weighted by Gasteiger charge is 2.19. The number of unbranched alkanes of at least 4 members (excludes halogenated alkanes) is 13. The summed E-state index contributed by atoms with van der Waals surface area (Å²) in [6.07, 6.45) is 17.0. The second kappa shape index (κ2) is 31.1. The molecule has 0 aliphatic heterocycles. The minimum atomic E-state index is -1.18. The van der Waals surface area contributed by atoms with Crippen molar-refractivity contribution in [2.24, 2.45) is 17.2 Å². The number of carboxylic acid groups (broad SMARTS) is 3. The monoisotopic (exact) mass is 622 g/mol. The third kappa shape index (κ3) is 32.4. The van der Waals surface area contributed by atoms with Crippen LogP contribution < -0.4 is 22.5 Å². The highest BCUT2D eigenvalue weighted by atomic mass is 16.4. The Morgan fingerprint density at radius 2 is 0.977 bits per heavy atom. The normalized spacial score (nSPS) is 14.0. The van der Waals surface area contributed by atoms with Crippen LogP contribution in [0.4, 0.5) is 0 Å². The van der Waals surface area contributed by atoms with E-state index in [9.17, 15) is 19.2 Å². The molecule has 13 heteroatoms. The number of rotatable bonds is 24. The van der Waals surface area contributed by atoms with Crippen LogP contribution in [0.5, 0.6) is 0 Å². The number of carbonyl (C=O) groups is 4. The van der Waals surface area contributed by atoms with Gasteiger partial charge in [-0.2, -0.15) is 0 Å². The van der Waals surface area contributed by atoms with E-state index in [0.29, 0.717) is 19.4 Å². The summed E-state index contributed by atoms with van der Waals surface area (Å²) in [6.45, 7) is 5.47. The molecule has 0 unspecified atom stereocenters. The van der Waals surface area contributed by atoms with Gasteiger partial charge in [0.2, 0.25) is 5.91 Å². The van der Waals surface area contributed by atoms with Gasteiger partial charge in [0.25, 0.3) is 0 Å². The van der Waals surface area contributed by atoms with Gasteiger partial charge in [0.15, 0.2) is 0 Å².